The Morgan fingerprint density at radius 3 is 2.03 bits per heavy atom. The fourth-order valence-electron chi connectivity index (χ4n) is 5.82. The first-order chi connectivity index (χ1) is 15.1. The van der Waals surface area contributed by atoms with Crippen molar-refractivity contribution < 1.29 is 23.9 Å². The van der Waals surface area contributed by atoms with Gasteiger partial charge in [0.15, 0.2) is 11.5 Å². The van der Waals surface area contributed by atoms with Gasteiger partial charge in [0.1, 0.15) is 0 Å². The molecule has 1 heterocycles. The first-order valence-corrected chi connectivity index (χ1v) is 10.6. The number of anilines is 1. The largest absolute Gasteiger partial charge is 0.493 e. The second-order valence-electron chi connectivity index (χ2n) is 8.75. The molecule has 2 aromatic carbocycles. The Bertz CT molecular complexity index is 1100. The lowest BCUT2D eigenvalue weighted by Crippen LogP contribution is -2.40. The van der Waals surface area contributed by atoms with Gasteiger partial charge >= 0.3 is 5.97 Å². The van der Waals surface area contributed by atoms with E-state index in [-0.39, 0.29) is 35.5 Å². The van der Waals surface area contributed by atoms with E-state index in [4.69, 9.17) is 9.47 Å². The topological polar surface area (TPSA) is 72.9 Å². The van der Waals surface area contributed by atoms with Crippen LogP contribution < -0.4 is 14.4 Å². The number of carbonyl (C=O) groups is 3. The first-order valence-electron chi connectivity index (χ1n) is 10.6. The van der Waals surface area contributed by atoms with Crippen molar-refractivity contribution in [3.63, 3.8) is 0 Å². The summed E-state index contributed by atoms with van der Waals surface area (Å²) in [5, 5.41) is 0. The molecule has 0 aromatic heterocycles. The molecule has 6 heteroatoms. The van der Waals surface area contributed by atoms with Gasteiger partial charge in [-0.3, -0.25) is 14.5 Å². The molecule has 6 nitrogen and oxygen atoms in total. The number of hydrogen-bond acceptors (Lipinski definition) is 5. The number of nitrogens with zero attached hydrogens (tertiary/aromatic N) is 1. The van der Waals surface area contributed by atoms with Gasteiger partial charge in [-0.1, -0.05) is 24.3 Å². The quantitative estimate of drug-likeness (QED) is 0.331. The zero-order chi connectivity index (χ0) is 21.3. The molecule has 1 saturated heterocycles. The summed E-state index contributed by atoms with van der Waals surface area (Å²) in [4.78, 5) is 40.3. The van der Waals surface area contributed by atoms with Crippen LogP contribution in [-0.2, 0) is 9.59 Å². The number of para-hydroxylation sites is 2. The number of esters is 1. The lowest BCUT2D eigenvalue weighted by Gasteiger charge is -2.37. The third-order valence-corrected chi connectivity index (χ3v) is 7.30. The highest BCUT2D eigenvalue weighted by molar-refractivity contribution is 6.22. The average Bonchev–Trinajstić information content (AvgIpc) is 3.58. The van der Waals surface area contributed by atoms with Crippen LogP contribution in [0.3, 0.4) is 0 Å². The third-order valence-electron chi connectivity index (χ3n) is 7.30. The van der Waals surface area contributed by atoms with E-state index in [1.54, 1.807) is 48.5 Å². The summed E-state index contributed by atoms with van der Waals surface area (Å²) in [5.41, 5.74) is 0.834. The predicted molar refractivity (Wildman–Crippen MR) is 112 cm³/mol. The van der Waals surface area contributed by atoms with Gasteiger partial charge in [0.05, 0.1) is 30.2 Å². The van der Waals surface area contributed by atoms with Gasteiger partial charge in [-0.2, -0.15) is 0 Å². The molecule has 0 spiro atoms. The van der Waals surface area contributed by atoms with Gasteiger partial charge in [-0.25, -0.2) is 4.79 Å². The SMILES string of the molecule is COc1ccccc1OC(=O)c1ccc(N2C(=O)[C@@H]3[C@H]4C=C[C@@H]([C@@H]5C[C@H]45)[C@@H]3C2=O)cc1. The molecule has 2 amide bonds. The van der Waals surface area contributed by atoms with Crippen molar-refractivity contribution in [1.29, 1.82) is 0 Å². The Balaban J connectivity index is 1.23. The summed E-state index contributed by atoms with van der Waals surface area (Å²) in [6.07, 6.45) is 5.45. The third kappa shape index (κ3) is 2.60. The van der Waals surface area contributed by atoms with Crippen LogP contribution in [-0.4, -0.2) is 24.9 Å². The maximum Gasteiger partial charge on any atom is 0.343 e. The van der Waals surface area contributed by atoms with E-state index in [0.717, 1.165) is 6.42 Å². The Morgan fingerprint density at radius 2 is 1.45 bits per heavy atom. The molecule has 2 aromatic rings. The fourth-order valence-corrected chi connectivity index (χ4v) is 5.82. The van der Waals surface area contributed by atoms with Crippen LogP contribution in [0.25, 0.3) is 0 Å². The number of imide groups is 1. The summed E-state index contributed by atoms with van der Waals surface area (Å²) in [6, 6.07) is 13.4. The zero-order valence-corrected chi connectivity index (χ0v) is 16.9. The molecule has 5 aliphatic rings. The molecule has 2 bridgehead atoms. The van der Waals surface area contributed by atoms with Crippen LogP contribution in [0.1, 0.15) is 16.8 Å². The lowest BCUT2D eigenvalue weighted by atomic mass is 9.63. The van der Waals surface area contributed by atoms with Gasteiger partial charge in [0, 0.05) is 0 Å². The predicted octanol–water partition coefficient (Wildman–Crippen LogP) is 3.47. The number of ether oxygens (including phenoxy) is 2. The number of rotatable bonds is 4. The molecule has 4 aliphatic carbocycles. The molecular weight excluding hydrogens is 394 g/mol. The maximum absolute atomic E-state index is 13.2. The molecule has 31 heavy (non-hydrogen) atoms. The van der Waals surface area contributed by atoms with Gasteiger partial charge in [0.25, 0.3) is 0 Å². The average molecular weight is 415 g/mol. The van der Waals surface area contributed by atoms with Crippen LogP contribution in [0.15, 0.2) is 60.7 Å². The molecule has 156 valence electrons. The molecule has 0 unspecified atom stereocenters. The normalized spacial score (nSPS) is 32.0. The number of benzene rings is 2. The Kier molecular flexibility index (Phi) is 3.88. The molecule has 0 radical (unpaired) electrons. The highest BCUT2D eigenvalue weighted by Crippen LogP contribution is 2.65. The minimum atomic E-state index is -0.536. The van der Waals surface area contributed by atoms with Crippen molar-refractivity contribution in [2.45, 2.75) is 6.42 Å². The van der Waals surface area contributed by atoms with E-state index in [2.05, 4.69) is 12.2 Å². The monoisotopic (exact) mass is 415 g/mol. The number of hydrogen-bond donors (Lipinski definition) is 0. The van der Waals surface area contributed by atoms with Crippen molar-refractivity contribution in [3.05, 3.63) is 66.2 Å². The van der Waals surface area contributed by atoms with Crippen molar-refractivity contribution in [3.8, 4) is 11.5 Å². The molecule has 2 saturated carbocycles. The summed E-state index contributed by atoms with van der Waals surface area (Å²) in [6.45, 7) is 0. The van der Waals surface area contributed by atoms with E-state index in [1.165, 1.54) is 12.0 Å². The van der Waals surface area contributed by atoms with Crippen molar-refractivity contribution in [2.24, 2.45) is 35.5 Å². The van der Waals surface area contributed by atoms with Crippen molar-refractivity contribution in [1.82, 2.24) is 0 Å². The van der Waals surface area contributed by atoms with Crippen molar-refractivity contribution >= 4 is 23.5 Å². The van der Waals surface area contributed by atoms with Crippen LogP contribution in [0.2, 0.25) is 0 Å². The summed E-state index contributed by atoms with van der Waals surface area (Å²) >= 11 is 0. The smallest absolute Gasteiger partial charge is 0.343 e. The van der Waals surface area contributed by atoms with E-state index < -0.39 is 5.97 Å². The van der Waals surface area contributed by atoms with Crippen molar-refractivity contribution in [2.75, 3.05) is 12.0 Å². The number of methoxy groups -OCH3 is 1. The maximum atomic E-state index is 13.2. The standard InChI is InChI=1S/C25H21NO5/c1-30-19-4-2-3-5-20(19)31-25(29)13-6-8-14(9-7-13)26-23(27)21-15-10-11-16(18-12-17(15)18)22(21)24(26)28/h2-11,15-18,21-22H,12H2,1H3/t15-,16-,17-,18+,21-,22+/m0/s1. The van der Waals surface area contributed by atoms with E-state index in [1.807, 2.05) is 0 Å². The van der Waals surface area contributed by atoms with Gasteiger partial charge in [0.2, 0.25) is 11.8 Å². The van der Waals surface area contributed by atoms with Gasteiger partial charge in [-0.05, 0) is 66.5 Å². The summed E-state index contributed by atoms with van der Waals surface area (Å²) in [5.74, 6) is 1.09. The number of amides is 2. The van der Waals surface area contributed by atoms with Gasteiger partial charge < -0.3 is 9.47 Å². The summed E-state index contributed by atoms with van der Waals surface area (Å²) < 4.78 is 10.6. The Labute approximate surface area is 179 Å². The molecule has 6 atom stereocenters. The second-order valence-corrected chi connectivity index (χ2v) is 8.75. The summed E-state index contributed by atoms with van der Waals surface area (Å²) in [7, 11) is 1.51. The minimum absolute atomic E-state index is 0.107. The zero-order valence-electron chi connectivity index (χ0n) is 16.9. The van der Waals surface area contributed by atoms with Crippen LogP contribution >= 0.6 is 0 Å². The van der Waals surface area contributed by atoms with E-state index in [0.29, 0.717) is 34.6 Å². The molecule has 1 aliphatic heterocycles. The van der Waals surface area contributed by atoms with Gasteiger partial charge in [-0.15, -0.1) is 0 Å². The molecule has 3 fully saturated rings. The minimum Gasteiger partial charge on any atom is -0.493 e. The van der Waals surface area contributed by atoms with Crippen LogP contribution in [0.5, 0.6) is 11.5 Å². The molecular formula is C25H21NO5. The number of allylic oxidation sites excluding steroid dienone is 2. The van der Waals surface area contributed by atoms with E-state index >= 15 is 0 Å². The Morgan fingerprint density at radius 1 is 0.871 bits per heavy atom. The second kappa shape index (κ2) is 6.54. The van der Waals surface area contributed by atoms with Crippen LogP contribution in [0, 0.1) is 35.5 Å². The van der Waals surface area contributed by atoms with E-state index in [9.17, 15) is 14.4 Å². The Hall–Kier alpha value is -3.41. The molecule has 7 rings (SSSR count). The first kappa shape index (κ1) is 18.4. The molecule has 0 N–H and O–H groups in total. The highest BCUT2D eigenvalue weighted by atomic mass is 16.6. The fraction of sp³-hybridized carbons (Fsp3) is 0.320. The lowest BCUT2D eigenvalue weighted by molar-refractivity contribution is -0.124. The van der Waals surface area contributed by atoms with Crippen LogP contribution in [0.4, 0.5) is 5.69 Å². The highest BCUT2D eigenvalue weighted by Gasteiger charge is 2.67. The number of carbonyl (C=O) groups excluding carboxylic acids is 3.